The largest absolute Gasteiger partial charge is 0.396 e. The first-order valence-corrected chi connectivity index (χ1v) is 6.90. The number of nitrogen functional groups attached to an aromatic ring is 1. The smallest absolute Gasteiger partial charge is 0.152 e. The molecule has 0 radical (unpaired) electrons. The van der Waals surface area contributed by atoms with E-state index in [0.717, 1.165) is 21.8 Å². The SMILES string of the molecule is Cc1ccc(N)c(N(C)Cc2csc(Br)c2)n1. The number of anilines is 2. The molecule has 0 unspecified atom stereocenters. The molecule has 0 amide bonds. The van der Waals surface area contributed by atoms with E-state index in [4.69, 9.17) is 5.73 Å². The molecule has 0 spiro atoms. The normalized spacial score (nSPS) is 10.5. The van der Waals surface area contributed by atoms with Crippen molar-refractivity contribution < 1.29 is 0 Å². The summed E-state index contributed by atoms with van der Waals surface area (Å²) in [7, 11) is 2.00. The molecule has 0 atom stereocenters. The maximum atomic E-state index is 5.94. The van der Waals surface area contributed by atoms with E-state index >= 15 is 0 Å². The van der Waals surface area contributed by atoms with Crippen LogP contribution in [0.1, 0.15) is 11.3 Å². The molecule has 0 aromatic carbocycles. The van der Waals surface area contributed by atoms with E-state index < -0.39 is 0 Å². The molecule has 0 aliphatic rings. The Labute approximate surface area is 113 Å². The van der Waals surface area contributed by atoms with E-state index in [9.17, 15) is 0 Å². The molecule has 2 rings (SSSR count). The van der Waals surface area contributed by atoms with Crippen LogP contribution in [0, 0.1) is 6.92 Å². The number of rotatable bonds is 3. The van der Waals surface area contributed by atoms with Crippen LogP contribution in [0.3, 0.4) is 0 Å². The van der Waals surface area contributed by atoms with Crippen LogP contribution in [-0.4, -0.2) is 12.0 Å². The number of aryl methyl sites for hydroxylation is 1. The molecule has 2 aromatic rings. The molecular formula is C12H14BrN3S. The molecule has 2 aromatic heterocycles. The Hall–Kier alpha value is -1.07. The highest BCUT2D eigenvalue weighted by Crippen LogP contribution is 2.25. The molecule has 0 aliphatic carbocycles. The van der Waals surface area contributed by atoms with Gasteiger partial charge in [-0.05, 0) is 52.0 Å². The lowest BCUT2D eigenvalue weighted by Crippen LogP contribution is -2.19. The van der Waals surface area contributed by atoms with Crippen LogP contribution in [-0.2, 0) is 6.54 Å². The van der Waals surface area contributed by atoms with Crippen molar-refractivity contribution in [2.75, 3.05) is 17.7 Å². The number of nitrogens with zero attached hydrogens (tertiary/aromatic N) is 2. The third-order valence-corrected chi connectivity index (χ3v) is 4.00. The fraction of sp³-hybridized carbons (Fsp3) is 0.250. The van der Waals surface area contributed by atoms with Crippen LogP contribution in [0.5, 0.6) is 0 Å². The Bertz CT molecular complexity index is 524. The van der Waals surface area contributed by atoms with Gasteiger partial charge < -0.3 is 10.6 Å². The van der Waals surface area contributed by atoms with Crippen molar-refractivity contribution in [1.29, 1.82) is 0 Å². The van der Waals surface area contributed by atoms with Gasteiger partial charge in [0, 0.05) is 19.3 Å². The minimum absolute atomic E-state index is 0.715. The maximum absolute atomic E-state index is 5.94. The molecular weight excluding hydrogens is 298 g/mol. The van der Waals surface area contributed by atoms with Gasteiger partial charge in [0.25, 0.3) is 0 Å². The Balaban J connectivity index is 2.19. The van der Waals surface area contributed by atoms with Gasteiger partial charge in [-0.1, -0.05) is 0 Å². The maximum Gasteiger partial charge on any atom is 0.152 e. The summed E-state index contributed by atoms with van der Waals surface area (Å²) >= 11 is 5.15. The highest BCUT2D eigenvalue weighted by atomic mass is 79.9. The molecule has 2 N–H and O–H groups in total. The number of pyridine rings is 1. The van der Waals surface area contributed by atoms with Gasteiger partial charge in [0.1, 0.15) is 0 Å². The Morgan fingerprint density at radius 2 is 2.24 bits per heavy atom. The minimum atomic E-state index is 0.715. The van der Waals surface area contributed by atoms with Crippen molar-refractivity contribution in [3.05, 3.63) is 38.6 Å². The molecule has 0 bridgehead atoms. The number of aromatic nitrogens is 1. The summed E-state index contributed by atoms with van der Waals surface area (Å²) in [6.07, 6.45) is 0. The second-order valence-corrected chi connectivity index (χ2v) is 6.27. The lowest BCUT2D eigenvalue weighted by atomic mass is 10.3. The summed E-state index contributed by atoms with van der Waals surface area (Å²) in [6, 6.07) is 5.94. The average molecular weight is 312 g/mol. The van der Waals surface area contributed by atoms with Crippen molar-refractivity contribution in [3.8, 4) is 0 Å². The van der Waals surface area contributed by atoms with Crippen molar-refractivity contribution in [1.82, 2.24) is 4.98 Å². The number of hydrogen-bond donors (Lipinski definition) is 1. The highest BCUT2D eigenvalue weighted by Gasteiger charge is 2.08. The van der Waals surface area contributed by atoms with Crippen molar-refractivity contribution >= 4 is 38.8 Å². The Kier molecular flexibility index (Phi) is 3.69. The van der Waals surface area contributed by atoms with Gasteiger partial charge in [-0.25, -0.2) is 4.98 Å². The van der Waals surface area contributed by atoms with E-state index in [-0.39, 0.29) is 0 Å². The molecule has 3 nitrogen and oxygen atoms in total. The zero-order valence-electron chi connectivity index (χ0n) is 9.77. The van der Waals surface area contributed by atoms with E-state index in [1.165, 1.54) is 5.56 Å². The summed E-state index contributed by atoms with van der Waals surface area (Å²) in [6.45, 7) is 2.78. The quantitative estimate of drug-likeness (QED) is 0.944. The van der Waals surface area contributed by atoms with Gasteiger partial charge in [-0.15, -0.1) is 11.3 Å². The second kappa shape index (κ2) is 5.06. The van der Waals surface area contributed by atoms with Crippen LogP contribution < -0.4 is 10.6 Å². The third-order valence-electron chi connectivity index (χ3n) is 2.45. The van der Waals surface area contributed by atoms with E-state index in [1.807, 2.05) is 26.1 Å². The summed E-state index contributed by atoms with van der Waals surface area (Å²) in [5, 5.41) is 2.13. The molecule has 5 heteroatoms. The summed E-state index contributed by atoms with van der Waals surface area (Å²) < 4.78 is 1.14. The molecule has 0 saturated heterocycles. The van der Waals surface area contributed by atoms with Crippen molar-refractivity contribution in [3.63, 3.8) is 0 Å². The van der Waals surface area contributed by atoms with Crippen LogP contribution in [0.15, 0.2) is 27.4 Å². The molecule has 0 fully saturated rings. The summed E-state index contributed by atoms with van der Waals surface area (Å²) in [5.41, 5.74) is 8.89. The number of hydrogen-bond acceptors (Lipinski definition) is 4. The van der Waals surface area contributed by atoms with Gasteiger partial charge in [0.15, 0.2) is 5.82 Å². The number of thiophene rings is 1. The Morgan fingerprint density at radius 3 is 2.88 bits per heavy atom. The monoisotopic (exact) mass is 311 g/mol. The topological polar surface area (TPSA) is 42.1 Å². The number of halogens is 1. The van der Waals surface area contributed by atoms with Gasteiger partial charge in [-0.2, -0.15) is 0 Å². The first-order chi connectivity index (χ1) is 8.06. The molecule has 0 aliphatic heterocycles. The average Bonchev–Trinajstić information content (AvgIpc) is 2.67. The minimum Gasteiger partial charge on any atom is -0.396 e. The molecule has 90 valence electrons. The summed E-state index contributed by atoms with van der Waals surface area (Å²) in [4.78, 5) is 6.53. The second-order valence-electron chi connectivity index (χ2n) is 3.98. The van der Waals surface area contributed by atoms with Gasteiger partial charge >= 0.3 is 0 Å². The predicted octanol–water partition coefficient (Wildman–Crippen LogP) is 3.43. The van der Waals surface area contributed by atoms with E-state index in [1.54, 1.807) is 11.3 Å². The fourth-order valence-corrected chi connectivity index (χ4v) is 2.84. The third kappa shape index (κ3) is 2.98. The zero-order valence-corrected chi connectivity index (χ0v) is 12.2. The van der Waals surface area contributed by atoms with Crippen LogP contribution in [0.25, 0.3) is 0 Å². The van der Waals surface area contributed by atoms with E-state index in [0.29, 0.717) is 5.69 Å². The first-order valence-electron chi connectivity index (χ1n) is 5.23. The van der Waals surface area contributed by atoms with Gasteiger partial charge in [0.05, 0.1) is 9.47 Å². The lowest BCUT2D eigenvalue weighted by Gasteiger charge is -2.19. The van der Waals surface area contributed by atoms with Crippen molar-refractivity contribution in [2.45, 2.75) is 13.5 Å². The van der Waals surface area contributed by atoms with Crippen LogP contribution >= 0.6 is 27.3 Å². The lowest BCUT2D eigenvalue weighted by molar-refractivity contribution is 0.898. The standard InChI is InChI=1S/C12H14BrN3S/c1-8-3-4-10(14)12(15-8)16(2)6-9-5-11(13)17-7-9/h3-5,7H,6,14H2,1-2H3. The first kappa shape index (κ1) is 12.4. The van der Waals surface area contributed by atoms with E-state index in [2.05, 4.69) is 37.3 Å². The predicted molar refractivity (Wildman–Crippen MR) is 77.5 cm³/mol. The Morgan fingerprint density at radius 1 is 1.47 bits per heavy atom. The van der Waals surface area contributed by atoms with Gasteiger partial charge in [0.2, 0.25) is 0 Å². The molecule has 0 saturated carbocycles. The molecule has 17 heavy (non-hydrogen) atoms. The van der Waals surface area contributed by atoms with Crippen LogP contribution in [0.2, 0.25) is 0 Å². The van der Waals surface area contributed by atoms with Gasteiger partial charge in [-0.3, -0.25) is 0 Å². The zero-order chi connectivity index (χ0) is 12.4. The number of nitrogens with two attached hydrogens (primary N) is 1. The summed E-state index contributed by atoms with van der Waals surface area (Å²) in [5.74, 6) is 0.840. The molecule has 2 heterocycles. The highest BCUT2D eigenvalue weighted by molar-refractivity contribution is 9.11. The fourth-order valence-electron chi connectivity index (χ4n) is 1.64. The van der Waals surface area contributed by atoms with Crippen LogP contribution in [0.4, 0.5) is 11.5 Å². The van der Waals surface area contributed by atoms with Crippen molar-refractivity contribution in [2.24, 2.45) is 0 Å².